The fraction of sp³-hybridized carbons (Fsp3) is 0.500. The molecule has 1 aliphatic rings. The second-order valence-corrected chi connectivity index (χ2v) is 7.66. The third-order valence-corrected chi connectivity index (χ3v) is 3.99. The number of nitrogens with one attached hydrogen (secondary N) is 1. The SMILES string of the molecule is CC(C)(C)CC1CN=C(Nc2cc(F)cc(Cl)c2)S1. The molecule has 0 fully saturated rings. The molecule has 2 rings (SSSR count). The van der Waals surface area contributed by atoms with Crippen LogP contribution in [0.25, 0.3) is 0 Å². The Kier molecular flexibility index (Phi) is 4.41. The number of aliphatic imine (C=N–C) groups is 1. The van der Waals surface area contributed by atoms with Gasteiger partial charge in [-0.1, -0.05) is 44.1 Å². The van der Waals surface area contributed by atoms with Crippen LogP contribution in [0.3, 0.4) is 0 Å². The minimum atomic E-state index is -0.343. The zero-order valence-corrected chi connectivity index (χ0v) is 12.9. The number of anilines is 1. The molecule has 1 unspecified atom stereocenters. The van der Waals surface area contributed by atoms with Gasteiger partial charge in [-0.3, -0.25) is 4.99 Å². The van der Waals surface area contributed by atoms with Gasteiger partial charge >= 0.3 is 0 Å². The number of hydrogen-bond donors (Lipinski definition) is 1. The van der Waals surface area contributed by atoms with Crippen LogP contribution in [0.15, 0.2) is 23.2 Å². The van der Waals surface area contributed by atoms with Gasteiger partial charge in [-0.05, 0) is 30.0 Å². The average Bonchev–Trinajstić information content (AvgIpc) is 2.60. The first-order chi connectivity index (χ1) is 8.82. The molecule has 1 aliphatic heterocycles. The van der Waals surface area contributed by atoms with Gasteiger partial charge < -0.3 is 5.32 Å². The minimum Gasteiger partial charge on any atom is -0.335 e. The molecule has 1 N–H and O–H groups in total. The molecular weight excluding hydrogens is 283 g/mol. The number of nitrogens with zero attached hydrogens (tertiary/aromatic N) is 1. The van der Waals surface area contributed by atoms with Crippen LogP contribution >= 0.6 is 23.4 Å². The molecular formula is C14H18ClFN2S. The van der Waals surface area contributed by atoms with Crippen LogP contribution < -0.4 is 5.32 Å². The fourth-order valence-corrected chi connectivity index (χ4v) is 3.62. The molecule has 0 saturated heterocycles. The Hall–Kier alpha value is -0.740. The second kappa shape index (κ2) is 5.71. The number of rotatable bonds is 2. The predicted molar refractivity (Wildman–Crippen MR) is 82.8 cm³/mol. The van der Waals surface area contributed by atoms with Crippen molar-refractivity contribution in [1.82, 2.24) is 0 Å². The highest BCUT2D eigenvalue weighted by Gasteiger charge is 2.25. The van der Waals surface area contributed by atoms with Crippen molar-refractivity contribution in [2.75, 3.05) is 11.9 Å². The molecule has 0 bridgehead atoms. The lowest BCUT2D eigenvalue weighted by Crippen LogP contribution is -2.16. The second-order valence-electron chi connectivity index (χ2n) is 5.93. The van der Waals surface area contributed by atoms with Crippen molar-refractivity contribution in [3.05, 3.63) is 29.0 Å². The molecule has 1 atom stereocenters. The van der Waals surface area contributed by atoms with Gasteiger partial charge in [0.25, 0.3) is 0 Å². The Morgan fingerprint density at radius 2 is 2.16 bits per heavy atom. The smallest absolute Gasteiger partial charge is 0.161 e. The van der Waals surface area contributed by atoms with Crippen LogP contribution in [0.5, 0.6) is 0 Å². The summed E-state index contributed by atoms with van der Waals surface area (Å²) in [5.41, 5.74) is 0.942. The monoisotopic (exact) mass is 300 g/mol. The van der Waals surface area contributed by atoms with Crippen molar-refractivity contribution in [3.63, 3.8) is 0 Å². The molecule has 0 aromatic heterocycles. The summed E-state index contributed by atoms with van der Waals surface area (Å²) in [5, 5.41) is 4.85. The maximum absolute atomic E-state index is 13.2. The Balaban J connectivity index is 1.95. The summed E-state index contributed by atoms with van der Waals surface area (Å²) in [6.07, 6.45) is 1.11. The van der Waals surface area contributed by atoms with Crippen LogP contribution in [0.2, 0.25) is 5.02 Å². The maximum atomic E-state index is 13.2. The lowest BCUT2D eigenvalue weighted by molar-refractivity contribution is 0.375. The fourth-order valence-electron chi connectivity index (χ4n) is 2.02. The average molecular weight is 301 g/mol. The Morgan fingerprint density at radius 3 is 2.79 bits per heavy atom. The summed E-state index contributed by atoms with van der Waals surface area (Å²) >= 11 is 7.54. The maximum Gasteiger partial charge on any atom is 0.161 e. The number of thioether (sulfide) groups is 1. The first-order valence-electron chi connectivity index (χ1n) is 6.26. The third-order valence-electron chi connectivity index (χ3n) is 2.67. The van der Waals surface area contributed by atoms with E-state index in [1.54, 1.807) is 17.8 Å². The van der Waals surface area contributed by atoms with Crippen LogP contribution in [-0.4, -0.2) is 17.0 Å². The molecule has 0 radical (unpaired) electrons. The molecule has 19 heavy (non-hydrogen) atoms. The van der Waals surface area contributed by atoms with Crippen molar-refractivity contribution in [3.8, 4) is 0 Å². The normalized spacial score (nSPS) is 19.4. The lowest BCUT2D eigenvalue weighted by Gasteiger charge is -2.21. The molecule has 0 saturated carbocycles. The van der Waals surface area contributed by atoms with E-state index in [0.717, 1.165) is 18.1 Å². The topological polar surface area (TPSA) is 24.4 Å². The predicted octanol–water partition coefficient (Wildman–Crippen LogP) is 4.80. The van der Waals surface area contributed by atoms with Crippen LogP contribution in [0, 0.1) is 11.2 Å². The largest absolute Gasteiger partial charge is 0.335 e. The van der Waals surface area contributed by atoms with Crippen molar-refractivity contribution in [2.24, 2.45) is 10.4 Å². The molecule has 1 aromatic carbocycles. The van der Waals surface area contributed by atoms with E-state index in [9.17, 15) is 4.39 Å². The van der Waals surface area contributed by atoms with E-state index in [2.05, 4.69) is 31.1 Å². The van der Waals surface area contributed by atoms with E-state index in [0.29, 0.717) is 21.4 Å². The minimum absolute atomic E-state index is 0.296. The summed E-state index contributed by atoms with van der Waals surface area (Å²) in [6.45, 7) is 7.50. The lowest BCUT2D eigenvalue weighted by atomic mass is 9.90. The number of benzene rings is 1. The van der Waals surface area contributed by atoms with Crippen molar-refractivity contribution in [2.45, 2.75) is 32.4 Å². The molecule has 0 amide bonds. The number of halogens is 2. The molecule has 1 aromatic rings. The molecule has 5 heteroatoms. The molecule has 104 valence electrons. The van der Waals surface area contributed by atoms with Gasteiger partial charge in [-0.15, -0.1) is 0 Å². The Morgan fingerprint density at radius 1 is 1.42 bits per heavy atom. The standard InChI is InChI=1S/C14H18ClFN2S/c1-14(2,3)7-12-8-17-13(19-12)18-11-5-9(15)4-10(16)6-11/h4-6,12H,7-8H2,1-3H3,(H,17,18). The van der Waals surface area contributed by atoms with Crippen LogP contribution in [-0.2, 0) is 0 Å². The molecule has 0 spiro atoms. The third kappa shape index (κ3) is 4.69. The zero-order valence-electron chi connectivity index (χ0n) is 11.3. The van der Waals surface area contributed by atoms with Crippen molar-refractivity contribution in [1.29, 1.82) is 0 Å². The van der Waals surface area contributed by atoms with E-state index in [4.69, 9.17) is 11.6 Å². The quantitative estimate of drug-likeness (QED) is 0.848. The van der Waals surface area contributed by atoms with E-state index in [-0.39, 0.29) is 5.82 Å². The summed E-state index contributed by atoms with van der Waals surface area (Å²) in [6, 6.07) is 4.41. The zero-order chi connectivity index (χ0) is 14.0. The summed E-state index contributed by atoms with van der Waals surface area (Å²) in [7, 11) is 0. The Labute approximate surface area is 122 Å². The van der Waals surface area contributed by atoms with Gasteiger partial charge in [0.05, 0.1) is 6.54 Å². The summed E-state index contributed by atoms with van der Waals surface area (Å²) in [4.78, 5) is 4.46. The van der Waals surface area contributed by atoms with E-state index in [1.807, 2.05) is 0 Å². The number of hydrogen-bond acceptors (Lipinski definition) is 3. The van der Waals surface area contributed by atoms with E-state index < -0.39 is 0 Å². The van der Waals surface area contributed by atoms with E-state index in [1.165, 1.54) is 12.1 Å². The van der Waals surface area contributed by atoms with Gasteiger partial charge in [0, 0.05) is 16.0 Å². The molecule has 2 nitrogen and oxygen atoms in total. The van der Waals surface area contributed by atoms with Crippen LogP contribution in [0.4, 0.5) is 10.1 Å². The summed E-state index contributed by atoms with van der Waals surface area (Å²) in [5.74, 6) is -0.343. The van der Waals surface area contributed by atoms with Crippen molar-refractivity contribution < 1.29 is 4.39 Å². The van der Waals surface area contributed by atoms with Gasteiger partial charge in [0.1, 0.15) is 5.82 Å². The highest BCUT2D eigenvalue weighted by atomic mass is 35.5. The summed E-state index contributed by atoms with van der Waals surface area (Å²) < 4.78 is 13.2. The van der Waals surface area contributed by atoms with Crippen molar-refractivity contribution >= 4 is 34.2 Å². The van der Waals surface area contributed by atoms with E-state index >= 15 is 0 Å². The number of amidine groups is 1. The van der Waals surface area contributed by atoms with Gasteiger partial charge in [0.15, 0.2) is 5.17 Å². The van der Waals surface area contributed by atoms with Gasteiger partial charge in [-0.2, -0.15) is 0 Å². The van der Waals surface area contributed by atoms with Gasteiger partial charge in [-0.25, -0.2) is 4.39 Å². The van der Waals surface area contributed by atoms with Crippen LogP contribution in [0.1, 0.15) is 27.2 Å². The highest BCUT2D eigenvalue weighted by molar-refractivity contribution is 8.15. The Bertz CT molecular complexity index is 476. The first-order valence-corrected chi connectivity index (χ1v) is 7.52. The molecule has 0 aliphatic carbocycles. The molecule has 1 heterocycles. The first kappa shape index (κ1) is 14.7. The van der Waals surface area contributed by atoms with Gasteiger partial charge in [0.2, 0.25) is 0 Å². The highest BCUT2D eigenvalue weighted by Crippen LogP contribution is 2.32.